The number of halogens is 1. The Hall–Kier alpha value is -3.21. The van der Waals surface area contributed by atoms with Gasteiger partial charge in [0.25, 0.3) is 5.91 Å². The third-order valence-corrected chi connectivity index (χ3v) is 3.63. The maximum atomic E-state index is 13.6. The van der Waals surface area contributed by atoms with Gasteiger partial charge in [0.2, 0.25) is 0 Å². The van der Waals surface area contributed by atoms with Crippen LogP contribution < -0.4 is 10.2 Å². The summed E-state index contributed by atoms with van der Waals surface area (Å²) in [6.45, 7) is 0. The molecular formula is C19H15FN2O2. The summed E-state index contributed by atoms with van der Waals surface area (Å²) < 4.78 is 18.9. The largest absolute Gasteiger partial charge is 0.496 e. The van der Waals surface area contributed by atoms with Crippen molar-refractivity contribution in [2.45, 2.75) is 0 Å². The number of nitrogens with zero attached hydrogens (tertiary/aromatic N) is 1. The fraction of sp³-hybridized carbons (Fsp3) is 0.0526. The molecule has 1 amide bonds. The second kappa shape index (κ2) is 6.91. The molecule has 0 spiro atoms. The predicted molar refractivity (Wildman–Crippen MR) is 92.0 cm³/mol. The Morgan fingerprint density at radius 3 is 2.62 bits per heavy atom. The van der Waals surface area contributed by atoms with E-state index in [0.717, 1.165) is 16.3 Å². The first-order valence-electron chi connectivity index (χ1n) is 7.34. The van der Waals surface area contributed by atoms with E-state index in [2.05, 4.69) is 10.5 Å². The average Bonchev–Trinajstić information content (AvgIpc) is 2.62. The van der Waals surface area contributed by atoms with E-state index in [-0.39, 0.29) is 5.56 Å². The predicted octanol–water partition coefficient (Wildman–Crippen LogP) is 3.75. The number of methoxy groups -OCH3 is 1. The zero-order valence-corrected chi connectivity index (χ0v) is 13.0. The Morgan fingerprint density at radius 1 is 1.08 bits per heavy atom. The van der Waals surface area contributed by atoms with Gasteiger partial charge in [0.05, 0.1) is 18.9 Å². The van der Waals surface area contributed by atoms with Crippen LogP contribution in [0.3, 0.4) is 0 Å². The molecule has 0 radical (unpaired) electrons. The minimum atomic E-state index is -0.608. The number of amides is 1. The van der Waals surface area contributed by atoms with Gasteiger partial charge in [0.15, 0.2) is 0 Å². The van der Waals surface area contributed by atoms with Crippen molar-refractivity contribution in [1.29, 1.82) is 0 Å². The zero-order chi connectivity index (χ0) is 16.9. The Kier molecular flexibility index (Phi) is 4.52. The molecule has 5 heteroatoms. The summed E-state index contributed by atoms with van der Waals surface area (Å²) in [5.41, 5.74) is 3.02. The number of hydrogen-bond acceptors (Lipinski definition) is 3. The van der Waals surface area contributed by atoms with Gasteiger partial charge < -0.3 is 4.74 Å². The minimum Gasteiger partial charge on any atom is -0.496 e. The summed E-state index contributed by atoms with van der Waals surface area (Å²) in [7, 11) is 1.57. The normalized spacial score (nSPS) is 10.9. The van der Waals surface area contributed by atoms with Crippen molar-refractivity contribution < 1.29 is 13.9 Å². The first kappa shape index (κ1) is 15.7. The van der Waals surface area contributed by atoms with Crippen molar-refractivity contribution >= 4 is 22.9 Å². The highest BCUT2D eigenvalue weighted by Crippen LogP contribution is 2.26. The third-order valence-electron chi connectivity index (χ3n) is 3.63. The highest BCUT2D eigenvalue weighted by Gasteiger charge is 2.10. The van der Waals surface area contributed by atoms with E-state index in [1.165, 1.54) is 24.4 Å². The number of hydrazone groups is 1. The van der Waals surface area contributed by atoms with Crippen LogP contribution >= 0.6 is 0 Å². The van der Waals surface area contributed by atoms with Crippen LogP contribution in [0.15, 0.2) is 65.8 Å². The van der Waals surface area contributed by atoms with Crippen molar-refractivity contribution in [2.75, 3.05) is 7.11 Å². The molecule has 0 aromatic heterocycles. The van der Waals surface area contributed by atoms with Crippen LogP contribution in [0, 0.1) is 5.82 Å². The summed E-state index contributed by atoms with van der Waals surface area (Å²) >= 11 is 0. The van der Waals surface area contributed by atoms with Crippen molar-refractivity contribution in [3.8, 4) is 5.75 Å². The van der Waals surface area contributed by atoms with Gasteiger partial charge in [0.1, 0.15) is 11.6 Å². The number of benzene rings is 3. The van der Waals surface area contributed by atoms with Gasteiger partial charge in [-0.05, 0) is 29.0 Å². The summed E-state index contributed by atoms with van der Waals surface area (Å²) in [6.07, 6.45) is 1.50. The Labute approximate surface area is 138 Å². The molecule has 0 saturated heterocycles. The second-order valence-corrected chi connectivity index (χ2v) is 5.08. The second-order valence-electron chi connectivity index (χ2n) is 5.08. The highest BCUT2D eigenvalue weighted by atomic mass is 19.1. The van der Waals surface area contributed by atoms with E-state index in [1.807, 2.05) is 36.4 Å². The lowest BCUT2D eigenvalue weighted by Crippen LogP contribution is -2.19. The summed E-state index contributed by atoms with van der Waals surface area (Å²) in [5, 5.41) is 5.92. The van der Waals surface area contributed by atoms with Crippen LogP contribution in [0.4, 0.5) is 4.39 Å². The lowest BCUT2D eigenvalue weighted by molar-refractivity contribution is 0.0951. The van der Waals surface area contributed by atoms with E-state index >= 15 is 0 Å². The van der Waals surface area contributed by atoms with Crippen LogP contribution in [0.1, 0.15) is 15.9 Å². The number of ether oxygens (including phenoxy) is 1. The van der Waals surface area contributed by atoms with Crippen LogP contribution in [-0.2, 0) is 0 Å². The molecule has 3 aromatic rings. The van der Waals surface area contributed by atoms with Gasteiger partial charge in [-0.2, -0.15) is 5.10 Å². The molecule has 120 valence electrons. The number of fused-ring (bicyclic) bond motifs is 1. The fourth-order valence-electron chi connectivity index (χ4n) is 2.45. The average molecular weight is 322 g/mol. The first-order valence-corrected chi connectivity index (χ1v) is 7.34. The highest BCUT2D eigenvalue weighted by molar-refractivity contribution is 6.03. The molecule has 0 aliphatic heterocycles. The molecule has 0 bridgehead atoms. The molecule has 0 aliphatic carbocycles. The molecule has 0 fully saturated rings. The molecule has 1 N–H and O–H groups in total. The monoisotopic (exact) mass is 322 g/mol. The minimum absolute atomic E-state index is 0.0560. The number of carbonyl (C=O) groups excluding carboxylic acids is 1. The van der Waals surface area contributed by atoms with E-state index in [9.17, 15) is 9.18 Å². The van der Waals surface area contributed by atoms with E-state index in [1.54, 1.807) is 13.2 Å². The molecule has 0 heterocycles. The number of nitrogens with one attached hydrogen (secondary N) is 1. The van der Waals surface area contributed by atoms with Crippen molar-refractivity contribution in [2.24, 2.45) is 5.10 Å². The smallest absolute Gasteiger partial charge is 0.274 e. The number of carbonyl (C=O) groups is 1. The van der Waals surface area contributed by atoms with Crippen molar-refractivity contribution in [3.05, 3.63) is 77.6 Å². The lowest BCUT2D eigenvalue weighted by atomic mass is 10.0. The number of hydrogen-bond donors (Lipinski definition) is 1. The van der Waals surface area contributed by atoms with Crippen LogP contribution in [-0.4, -0.2) is 19.2 Å². The molecule has 4 nitrogen and oxygen atoms in total. The quantitative estimate of drug-likeness (QED) is 0.587. The van der Waals surface area contributed by atoms with E-state index < -0.39 is 11.7 Å². The zero-order valence-electron chi connectivity index (χ0n) is 13.0. The van der Waals surface area contributed by atoms with Gasteiger partial charge in [0, 0.05) is 5.56 Å². The van der Waals surface area contributed by atoms with Gasteiger partial charge in [-0.15, -0.1) is 0 Å². The van der Waals surface area contributed by atoms with Crippen LogP contribution in [0.5, 0.6) is 5.75 Å². The van der Waals surface area contributed by atoms with Gasteiger partial charge in [-0.25, -0.2) is 9.82 Å². The molecular weight excluding hydrogens is 307 g/mol. The standard InChI is InChI=1S/C19H15FN2O2/c1-24-18-11-10-13-6-2-3-7-14(13)16(18)12-21-22-19(23)15-8-4-5-9-17(15)20/h2-12H,1H3,(H,22,23)/b21-12-. The molecule has 0 atom stereocenters. The fourth-order valence-corrected chi connectivity index (χ4v) is 2.45. The van der Waals surface area contributed by atoms with Crippen LogP contribution in [0.25, 0.3) is 10.8 Å². The van der Waals surface area contributed by atoms with E-state index in [4.69, 9.17) is 4.74 Å². The summed E-state index contributed by atoms with van der Waals surface area (Å²) in [4.78, 5) is 12.0. The molecule has 24 heavy (non-hydrogen) atoms. The van der Waals surface area contributed by atoms with Gasteiger partial charge in [-0.3, -0.25) is 4.79 Å². The SMILES string of the molecule is COc1ccc2ccccc2c1/C=N\NC(=O)c1ccccc1F. The maximum Gasteiger partial charge on any atom is 0.274 e. The lowest BCUT2D eigenvalue weighted by Gasteiger charge is -2.08. The molecule has 0 aliphatic rings. The van der Waals surface area contributed by atoms with Crippen molar-refractivity contribution in [1.82, 2.24) is 5.43 Å². The molecule has 3 rings (SSSR count). The van der Waals surface area contributed by atoms with Crippen molar-refractivity contribution in [3.63, 3.8) is 0 Å². The van der Waals surface area contributed by atoms with Gasteiger partial charge in [-0.1, -0.05) is 42.5 Å². The summed E-state index contributed by atoms with van der Waals surface area (Å²) in [6, 6.07) is 17.3. The Bertz CT molecular complexity index is 922. The topological polar surface area (TPSA) is 50.7 Å². The maximum absolute atomic E-state index is 13.6. The van der Waals surface area contributed by atoms with Crippen LogP contribution in [0.2, 0.25) is 0 Å². The third kappa shape index (κ3) is 3.10. The summed E-state index contributed by atoms with van der Waals surface area (Å²) in [5.74, 6) is -0.561. The Balaban J connectivity index is 1.88. The number of rotatable bonds is 4. The van der Waals surface area contributed by atoms with Gasteiger partial charge >= 0.3 is 0 Å². The molecule has 0 saturated carbocycles. The Morgan fingerprint density at radius 2 is 1.83 bits per heavy atom. The first-order chi connectivity index (χ1) is 11.7. The van der Waals surface area contributed by atoms with E-state index in [0.29, 0.717) is 5.75 Å². The molecule has 0 unspecified atom stereocenters. The molecule has 3 aromatic carbocycles.